The molecular weight excluding hydrogens is 326 g/mol. The van der Waals surface area contributed by atoms with Gasteiger partial charge in [-0.3, -0.25) is 4.79 Å². The van der Waals surface area contributed by atoms with Crippen LogP contribution >= 0.6 is 0 Å². The van der Waals surface area contributed by atoms with E-state index in [2.05, 4.69) is 36.1 Å². The molecule has 26 heavy (non-hydrogen) atoms. The number of hydrogen-bond donors (Lipinski definition) is 1. The lowest BCUT2D eigenvalue weighted by atomic mass is 9.63. The maximum absolute atomic E-state index is 13.5. The normalized spacial score (nSPS) is 31.3. The van der Waals surface area contributed by atoms with Crippen molar-refractivity contribution in [1.29, 1.82) is 10.5 Å². The predicted octanol–water partition coefficient (Wildman–Crippen LogP) is 2.61. The van der Waals surface area contributed by atoms with E-state index in [-0.39, 0.29) is 34.2 Å². The second-order valence-electron chi connectivity index (χ2n) is 8.66. The third kappa shape index (κ3) is 1.77. The van der Waals surface area contributed by atoms with E-state index in [0.717, 1.165) is 37.8 Å². The highest BCUT2D eigenvalue weighted by atomic mass is 16.2. The van der Waals surface area contributed by atoms with Crippen LogP contribution in [0.25, 0.3) is 0 Å². The average Bonchev–Trinajstić information content (AvgIpc) is 3.23. The highest BCUT2D eigenvalue weighted by molar-refractivity contribution is 5.92. The minimum atomic E-state index is -0.785. The van der Waals surface area contributed by atoms with Gasteiger partial charge < -0.3 is 5.32 Å². The number of aromatic nitrogens is 2. The summed E-state index contributed by atoms with van der Waals surface area (Å²) in [4.78, 5) is 22.6. The molecule has 0 radical (unpaired) electrons. The number of hydrogen-bond acceptors (Lipinski definition) is 5. The molecule has 6 nitrogen and oxygen atoms in total. The Morgan fingerprint density at radius 3 is 2.19 bits per heavy atom. The predicted molar refractivity (Wildman–Crippen MR) is 93.9 cm³/mol. The second-order valence-corrected chi connectivity index (χ2v) is 8.66. The van der Waals surface area contributed by atoms with Crippen LogP contribution in [0.1, 0.15) is 82.1 Å². The minimum Gasteiger partial charge on any atom is -0.353 e. The van der Waals surface area contributed by atoms with Gasteiger partial charge in [0, 0.05) is 11.5 Å². The lowest BCUT2D eigenvalue weighted by Gasteiger charge is -2.40. The van der Waals surface area contributed by atoms with Gasteiger partial charge in [0.05, 0.1) is 16.8 Å². The molecular formula is C20H23N5O. The van der Waals surface area contributed by atoms with Gasteiger partial charge in [-0.2, -0.15) is 10.5 Å². The van der Waals surface area contributed by atoms with Crippen LogP contribution in [0, 0.1) is 28.1 Å². The van der Waals surface area contributed by atoms with Gasteiger partial charge in [0.2, 0.25) is 5.91 Å². The fraction of sp³-hybridized carbons (Fsp3) is 0.650. The number of nitrogens with one attached hydrogen (secondary N) is 1. The van der Waals surface area contributed by atoms with Gasteiger partial charge in [-0.05, 0) is 31.1 Å². The van der Waals surface area contributed by atoms with Gasteiger partial charge in [-0.25, -0.2) is 9.97 Å². The summed E-state index contributed by atoms with van der Waals surface area (Å²) < 4.78 is 0. The highest BCUT2D eigenvalue weighted by Gasteiger charge is 2.73. The molecule has 1 N–H and O–H groups in total. The molecule has 1 amide bonds. The van der Waals surface area contributed by atoms with Crippen LogP contribution in [0.15, 0.2) is 0 Å². The van der Waals surface area contributed by atoms with Crippen molar-refractivity contribution in [2.75, 3.05) is 0 Å². The van der Waals surface area contributed by atoms with Crippen LogP contribution in [0.3, 0.4) is 0 Å². The molecule has 0 spiro atoms. The smallest absolute Gasteiger partial charge is 0.233 e. The summed E-state index contributed by atoms with van der Waals surface area (Å²) in [5.74, 6) is 0.0137. The van der Waals surface area contributed by atoms with E-state index >= 15 is 0 Å². The fourth-order valence-electron chi connectivity index (χ4n) is 5.52. The van der Waals surface area contributed by atoms with Crippen molar-refractivity contribution in [3.8, 4) is 12.1 Å². The standard InChI is InChI=1S/C20H23N5O/c1-18(2)19(3)8-9-20(18,17(26)23-12-6-4-5-7-12)16-15(19)24-13(10-21)14(11-22)25-16/h12H,4-9H2,1-3H3,(H,23,26). The number of rotatable bonds is 2. The zero-order valence-corrected chi connectivity index (χ0v) is 15.5. The molecule has 2 bridgehead atoms. The number of carbonyl (C=O) groups excluding carboxylic acids is 1. The Morgan fingerprint density at radius 1 is 1.04 bits per heavy atom. The van der Waals surface area contributed by atoms with Crippen molar-refractivity contribution in [2.45, 2.75) is 76.2 Å². The first-order chi connectivity index (χ1) is 12.3. The first kappa shape index (κ1) is 17.0. The minimum absolute atomic E-state index is 0.0137. The largest absolute Gasteiger partial charge is 0.353 e. The van der Waals surface area contributed by atoms with Crippen molar-refractivity contribution in [3.05, 3.63) is 22.8 Å². The molecule has 2 unspecified atom stereocenters. The Kier molecular flexibility index (Phi) is 3.44. The van der Waals surface area contributed by atoms with Crippen LogP contribution in [0.5, 0.6) is 0 Å². The maximum atomic E-state index is 13.5. The molecule has 3 aliphatic rings. The van der Waals surface area contributed by atoms with Gasteiger partial charge in [-0.1, -0.05) is 33.6 Å². The van der Waals surface area contributed by atoms with Crippen molar-refractivity contribution in [1.82, 2.24) is 15.3 Å². The van der Waals surface area contributed by atoms with E-state index in [9.17, 15) is 15.3 Å². The number of nitriles is 2. The molecule has 0 aliphatic heterocycles. The van der Waals surface area contributed by atoms with Crippen LogP contribution in [0.2, 0.25) is 0 Å². The van der Waals surface area contributed by atoms with Crippen LogP contribution in [-0.2, 0) is 15.6 Å². The van der Waals surface area contributed by atoms with Crippen molar-refractivity contribution in [2.24, 2.45) is 5.41 Å². The van der Waals surface area contributed by atoms with Gasteiger partial charge in [0.1, 0.15) is 12.1 Å². The van der Waals surface area contributed by atoms with E-state index in [0.29, 0.717) is 12.1 Å². The summed E-state index contributed by atoms with van der Waals surface area (Å²) in [6.07, 6.45) is 5.88. The molecule has 0 aromatic carbocycles. The van der Waals surface area contributed by atoms with Crippen molar-refractivity contribution < 1.29 is 4.79 Å². The molecule has 2 saturated carbocycles. The van der Waals surface area contributed by atoms with Crippen molar-refractivity contribution >= 4 is 5.91 Å². The summed E-state index contributed by atoms with van der Waals surface area (Å²) in [5.41, 5.74) is -0.0818. The first-order valence-electron chi connectivity index (χ1n) is 9.36. The van der Waals surface area contributed by atoms with E-state index in [1.165, 1.54) is 0 Å². The monoisotopic (exact) mass is 349 g/mol. The molecule has 6 heteroatoms. The van der Waals surface area contributed by atoms with Gasteiger partial charge in [-0.15, -0.1) is 0 Å². The van der Waals surface area contributed by atoms with Gasteiger partial charge in [0.25, 0.3) is 0 Å². The average molecular weight is 349 g/mol. The molecule has 4 rings (SSSR count). The zero-order chi connectivity index (χ0) is 18.7. The van der Waals surface area contributed by atoms with Crippen LogP contribution in [0.4, 0.5) is 0 Å². The first-order valence-corrected chi connectivity index (χ1v) is 9.36. The van der Waals surface area contributed by atoms with E-state index < -0.39 is 5.41 Å². The van der Waals surface area contributed by atoms with Crippen LogP contribution in [-0.4, -0.2) is 21.9 Å². The molecule has 3 aliphatic carbocycles. The summed E-state index contributed by atoms with van der Waals surface area (Å²) in [7, 11) is 0. The number of fused-ring (bicyclic) bond motifs is 5. The molecule has 2 atom stereocenters. The quantitative estimate of drug-likeness (QED) is 0.884. The van der Waals surface area contributed by atoms with Gasteiger partial charge >= 0.3 is 0 Å². The Morgan fingerprint density at radius 2 is 1.62 bits per heavy atom. The lowest BCUT2D eigenvalue weighted by molar-refractivity contribution is -0.131. The third-order valence-corrected chi connectivity index (χ3v) is 7.56. The summed E-state index contributed by atoms with van der Waals surface area (Å²) in [6.45, 7) is 6.33. The maximum Gasteiger partial charge on any atom is 0.233 e. The van der Waals surface area contributed by atoms with E-state index in [4.69, 9.17) is 0 Å². The van der Waals surface area contributed by atoms with E-state index in [1.54, 1.807) is 0 Å². The fourth-order valence-corrected chi connectivity index (χ4v) is 5.52. The highest BCUT2D eigenvalue weighted by Crippen LogP contribution is 2.70. The Bertz CT molecular complexity index is 887. The molecule has 0 saturated heterocycles. The molecule has 1 aromatic rings. The molecule has 1 aromatic heterocycles. The van der Waals surface area contributed by atoms with Crippen molar-refractivity contribution in [3.63, 3.8) is 0 Å². The number of amides is 1. The van der Waals surface area contributed by atoms with Crippen LogP contribution < -0.4 is 5.32 Å². The Labute approximate surface area is 153 Å². The lowest BCUT2D eigenvalue weighted by Crippen LogP contribution is -2.53. The summed E-state index contributed by atoms with van der Waals surface area (Å²) in [5, 5.41) is 22.0. The molecule has 2 fully saturated rings. The van der Waals surface area contributed by atoms with Gasteiger partial charge in [0.15, 0.2) is 11.4 Å². The zero-order valence-electron chi connectivity index (χ0n) is 15.5. The second kappa shape index (κ2) is 5.27. The molecule has 134 valence electrons. The Balaban J connectivity index is 1.89. The number of carbonyl (C=O) groups is 1. The third-order valence-electron chi connectivity index (χ3n) is 7.56. The SMILES string of the molecule is CC12CCC(C(=O)NC3CCCC3)(c3nc(C#N)c(C#N)nc31)C2(C)C. The number of nitrogens with zero attached hydrogens (tertiary/aromatic N) is 4. The summed E-state index contributed by atoms with van der Waals surface area (Å²) in [6, 6.07) is 4.19. The topological polar surface area (TPSA) is 102 Å². The van der Waals surface area contributed by atoms with E-state index in [1.807, 2.05) is 12.1 Å². The summed E-state index contributed by atoms with van der Waals surface area (Å²) >= 11 is 0. The Hall–Kier alpha value is -2.47. The molecule has 1 heterocycles.